The molecule has 0 radical (unpaired) electrons. The molecule has 0 saturated heterocycles. The molecule has 1 heteroatoms. The van der Waals surface area contributed by atoms with Gasteiger partial charge < -0.3 is 0 Å². The molecule has 0 spiro atoms. The van der Waals surface area contributed by atoms with E-state index in [-0.39, 0.29) is 8.80 Å². The average Bonchev–Trinajstić information content (AvgIpc) is 1.35. The van der Waals surface area contributed by atoms with E-state index in [9.17, 15) is 0 Å². The molecule has 0 atom stereocenters. The van der Waals surface area contributed by atoms with Gasteiger partial charge in [0.1, 0.15) is 0 Å². The van der Waals surface area contributed by atoms with Gasteiger partial charge in [0.2, 0.25) is 0 Å². The Balaban J connectivity index is 3.03. The predicted molar refractivity (Wildman–Crippen MR) is 33.7 cm³/mol. The highest BCUT2D eigenvalue weighted by Crippen LogP contribution is 1.78. The van der Waals surface area contributed by atoms with Crippen molar-refractivity contribution in [2.75, 3.05) is 0 Å². The van der Waals surface area contributed by atoms with E-state index in [1.807, 2.05) is 0 Å². The van der Waals surface area contributed by atoms with Crippen LogP contribution in [-0.4, -0.2) is 8.80 Å². The van der Waals surface area contributed by atoms with Crippen LogP contribution in [-0.2, 0) is 0 Å². The molecule has 0 heterocycles. The van der Waals surface area contributed by atoms with Crippen LogP contribution in [0.2, 0.25) is 13.1 Å². The molecule has 0 saturated carbocycles. The summed E-state index contributed by atoms with van der Waals surface area (Å²) in [6, 6.07) is 0. The molecule has 36 valence electrons. The molecule has 0 aliphatic carbocycles. The van der Waals surface area contributed by atoms with Gasteiger partial charge in [0.15, 0.2) is 0 Å². The molecular weight excluding hydrogens is 88.1 g/mol. The molecule has 0 amide bonds. The van der Waals surface area contributed by atoms with Gasteiger partial charge in [-0.3, -0.25) is 0 Å². The number of rotatable bonds is 1. The lowest BCUT2D eigenvalue weighted by molar-refractivity contribution is 1.76. The van der Waals surface area contributed by atoms with Gasteiger partial charge in [-0.25, -0.2) is 0 Å². The first kappa shape index (κ1) is 5.96. The summed E-state index contributed by atoms with van der Waals surface area (Å²) < 4.78 is 0. The van der Waals surface area contributed by atoms with E-state index < -0.39 is 0 Å². The van der Waals surface area contributed by atoms with Gasteiger partial charge in [0, 0.05) is 0 Å². The molecule has 0 aliphatic rings. The van der Waals surface area contributed by atoms with Gasteiger partial charge in [0.25, 0.3) is 0 Å². The molecular formula is C5H12Si. The van der Waals surface area contributed by atoms with E-state index in [4.69, 9.17) is 0 Å². The van der Waals surface area contributed by atoms with E-state index in [2.05, 4.69) is 31.8 Å². The summed E-state index contributed by atoms with van der Waals surface area (Å²) in [4.78, 5) is 0. The monoisotopic (exact) mass is 100 g/mol. The van der Waals surface area contributed by atoms with Crippen molar-refractivity contribution in [1.82, 2.24) is 0 Å². The second-order valence-electron chi connectivity index (χ2n) is 1.77. The Morgan fingerprint density at radius 3 is 1.83 bits per heavy atom. The minimum atomic E-state index is -0.351. The van der Waals surface area contributed by atoms with Crippen molar-refractivity contribution in [2.24, 2.45) is 0 Å². The Morgan fingerprint density at radius 1 is 1.33 bits per heavy atom. The second-order valence-corrected chi connectivity index (χ2v) is 4.64. The summed E-state index contributed by atoms with van der Waals surface area (Å²) in [5, 5.41) is 0. The average molecular weight is 100 g/mol. The highest BCUT2D eigenvalue weighted by atomic mass is 28.3. The van der Waals surface area contributed by atoms with Crippen LogP contribution in [0.5, 0.6) is 0 Å². The maximum atomic E-state index is 2.31. The zero-order chi connectivity index (χ0) is 4.99. The molecule has 6 heavy (non-hydrogen) atoms. The minimum Gasteiger partial charge on any atom is -0.102 e. The van der Waals surface area contributed by atoms with Crippen molar-refractivity contribution in [2.45, 2.75) is 20.0 Å². The molecule has 0 bridgehead atoms. The van der Waals surface area contributed by atoms with Gasteiger partial charge in [0.05, 0.1) is 8.80 Å². The Labute approximate surface area is 41.5 Å². The van der Waals surface area contributed by atoms with E-state index in [1.165, 1.54) is 0 Å². The lowest BCUT2D eigenvalue weighted by atomic mass is 10.8. The molecule has 0 aromatic rings. The fourth-order valence-electron chi connectivity index (χ4n) is 0.385. The first-order valence-electron chi connectivity index (χ1n) is 2.40. The minimum absolute atomic E-state index is 0.351. The SMILES string of the molecule is C/C=C\[SiH](C)C. The molecule has 0 aromatic heterocycles. The van der Waals surface area contributed by atoms with Crippen molar-refractivity contribution >= 4 is 8.80 Å². The maximum absolute atomic E-state index is 2.31. The standard InChI is InChI=1S/C5H12Si/c1-4-5-6(2)3/h4-6H,1-3H3/b5-4-. The van der Waals surface area contributed by atoms with Crippen LogP contribution in [0, 0.1) is 0 Å². The molecule has 0 fully saturated rings. The van der Waals surface area contributed by atoms with Gasteiger partial charge in [-0.15, -0.1) is 5.70 Å². The van der Waals surface area contributed by atoms with Gasteiger partial charge >= 0.3 is 0 Å². The topological polar surface area (TPSA) is 0 Å². The fourth-order valence-corrected chi connectivity index (χ4v) is 1.15. The molecule has 0 aromatic carbocycles. The number of hydrogen-bond donors (Lipinski definition) is 0. The Hall–Kier alpha value is -0.0431. The predicted octanol–water partition coefficient (Wildman–Crippen LogP) is 1.59. The quantitative estimate of drug-likeness (QED) is 0.439. The van der Waals surface area contributed by atoms with Gasteiger partial charge in [-0.05, 0) is 6.92 Å². The Morgan fingerprint density at radius 2 is 1.83 bits per heavy atom. The van der Waals surface area contributed by atoms with Crippen molar-refractivity contribution < 1.29 is 0 Å². The second kappa shape index (κ2) is 3.16. The van der Waals surface area contributed by atoms with Crippen LogP contribution >= 0.6 is 0 Å². The van der Waals surface area contributed by atoms with E-state index in [0.29, 0.717) is 0 Å². The summed E-state index contributed by atoms with van der Waals surface area (Å²) in [5.74, 6) is 0. The first-order chi connectivity index (χ1) is 2.77. The summed E-state index contributed by atoms with van der Waals surface area (Å²) >= 11 is 0. The van der Waals surface area contributed by atoms with Crippen molar-refractivity contribution in [1.29, 1.82) is 0 Å². The summed E-state index contributed by atoms with van der Waals surface area (Å²) in [6.45, 7) is 6.69. The van der Waals surface area contributed by atoms with Crippen molar-refractivity contribution in [3.63, 3.8) is 0 Å². The molecule has 0 rings (SSSR count). The first-order valence-corrected chi connectivity index (χ1v) is 5.37. The molecule has 0 N–H and O–H groups in total. The highest BCUT2D eigenvalue weighted by Gasteiger charge is 1.79. The molecule has 0 unspecified atom stereocenters. The van der Waals surface area contributed by atoms with Crippen LogP contribution in [0.3, 0.4) is 0 Å². The van der Waals surface area contributed by atoms with Crippen LogP contribution < -0.4 is 0 Å². The molecule has 0 aliphatic heterocycles. The fraction of sp³-hybridized carbons (Fsp3) is 0.600. The van der Waals surface area contributed by atoms with Crippen LogP contribution in [0.4, 0.5) is 0 Å². The van der Waals surface area contributed by atoms with E-state index in [1.54, 1.807) is 0 Å². The van der Waals surface area contributed by atoms with Gasteiger partial charge in [-0.2, -0.15) is 0 Å². The number of allylic oxidation sites excluding steroid dienone is 1. The van der Waals surface area contributed by atoms with Crippen LogP contribution in [0.1, 0.15) is 6.92 Å². The normalized spacial score (nSPS) is 11.3. The lowest BCUT2D eigenvalue weighted by Gasteiger charge is -1.84. The maximum Gasteiger partial charge on any atom is 0.0549 e. The summed E-state index contributed by atoms with van der Waals surface area (Å²) in [7, 11) is -0.351. The highest BCUT2D eigenvalue weighted by molar-refractivity contribution is 6.61. The van der Waals surface area contributed by atoms with Crippen LogP contribution in [0.25, 0.3) is 0 Å². The third-order valence-corrected chi connectivity index (χ3v) is 1.73. The number of hydrogen-bond acceptors (Lipinski definition) is 0. The molecule has 0 nitrogen and oxygen atoms in total. The van der Waals surface area contributed by atoms with Gasteiger partial charge in [-0.1, -0.05) is 19.2 Å². The third kappa shape index (κ3) is 3.96. The third-order valence-electron chi connectivity index (χ3n) is 0.577. The summed E-state index contributed by atoms with van der Waals surface area (Å²) in [6.07, 6.45) is 2.14. The summed E-state index contributed by atoms with van der Waals surface area (Å²) in [5.41, 5.74) is 2.31. The smallest absolute Gasteiger partial charge is 0.0549 e. The largest absolute Gasteiger partial charge is 0.102 e. The van der Waals surface area contributed by atoms with Crippen molar-refractivity contribution in [3.05, 3.63) is 11.8 Å². The van der Waals surface area contributed by atoms with Crippen LogP contribution in [0.15, 0.2) is 11.8 Å². The Bertz CT molecular complexity index is 45.9. The lowest BCUT2D eigenvalue weighted by Crippen LogP contribution is -1.90. The van der Waals surface area contributed by atoms with Crippen molar-refractivity contribution in [3.8, 4) is 0 Å². The zero-order valence-electron chi connectivity index (χ0n) is 4.73. The van der Waals surface area contributed by atoms with E-state index >= 15 is 0 Å². The Kier molecular flexibility index (Phi) is 3.14. The van der Waals surface area contributed by atoms with E-state index in [0.717, 1.165) is 0 Å². The zero-order valence-corrected chi connectivity index (χ0v) is 5.89.